The predicted molar refractivity (Wildman–Crippen MR) is 45.0 cm³/mol. The van der Waals surface area contributed by atoms with Gasteiger partial charge in [0.05, 0.1) is 4.92 Å². The van der Waals surface area contributed by atoms with E-state index in [1.165, 1.54) is 6.92 Å². The summed E-state index contributed by atoms with van der Waals surface area (Å²) in [6.07, 6.45) is -3.00. The van der Waals surface area contributed by atoms with Crippen molar-refractivity contribution in [1.29, 1.82) is 0 Å². The number of nitrogens with two attached hydrogens (primary N) is 1. The molecule has 0 unspecified atom stereocenters. The number of nitro groups is 1. The maximum Gasteiger partial charge on any atom is 0.297 e. The van der Waals surface area contributed by atoms with Gasteiger partial charge in [0.1, 0.15) is 5.82 Å². The summed E-state index contributed by atoms with van der Waals surface area (Å²) in [5.41, 5.74) is 3.97. The second kappa shape index (κ2) is 3.52. The topological polar surface area (TPSA) is 82.0 Å². The van der Waals surface area contributed by atoms with Gasteiger partial charge in [-0.15, -0.1) is 0 Å². The maximum absolute atomic E-state index is 12.3. The Hall–Kier alpha value is -1.79. The van der Waals surface area contributed by atoms with Crippen LogP contribution in [0, 0.1) is 17.0 Å². The molecule has 0 bridgehead atoms. The van der Waals surface area contributed by atoms with E-state index in [1.807, 2.05) is 0 Å². The van der Waals surface area contributed by atoms with E-state index in [0.717, 1.165) is 6.07 Å². The number of nitrogens with zero attached hydrogens (tertiary/aromatic N) is 2. The Morgan fingerprint density at radius 2 is 2.21 bits per heavy atom. The largest absolute Gasteiger partial charge is 0.383 e. The molecule has 0 amide bonds. The minimum absolute atomic E-state index is 0.120. The van der Waals surface area contributed by atoms with E-state index in [2.05, 4.69) is 4.98 Å². The van der Waals surface area contributed by atoms with Gasteiger partial charge < -0.3 is 5.73 Å². The van der Waals surface area contributed by atoms with Crippen molar-refractivity contribution in [2.75, 3.05) is 5.73 Å². The van der Waals surface area contributed by atoms with Gasteiger partial charge >= 0.3 is 0 Å². The van der Waals surface area contributed by atoms with Crippen LogP contribution >= 0.6 is 0 Å². The van der Waals surface area contributed by atoms with Crippen LogP contribution in [0.25, 0.3) is 0 Å². The lowest BCUT2D eigenvalue weighted by molar-refractivity contribution is -0.386. The molecule has 76 valence electrons. The van der Waals surface area contributed by atoms with Crippen LogP contribution in [-0.2, 0) is 0 Å². The van der Waals surface area contributed by atoms with Crippen molar-refractivity contribution in [3.8, 4) is 0 Å². The molecular formula is C7H7F2N3O2. The molecule has 0 saturated heterocycles. The molecule has 1 heterocycles. The predicted octanol–water partition coefficient (Wildman–Crippen LogP) is 1.82. The van der Waals surface area contributed by atoms with Crippen molar-refractivity contribution < 1.29 is 13.7 Å². The highest BCUT2D eigenvalue weighted by molar-refractivity contribution is 5.49. The lowest BCUT2D eigenvalue weighted by Crippen LogP contribution is -2.04. The van der Waals surface area contributed by atoms with E-state index < -0.39 is 22.7 Å². The lowest BCUT2D eigenvalue weighted by Gasteiger charge is -2.04. The zero-order chi connectivity index (χ0) is 10.9. The quantitative estimate of drug-likeness (QED) is 0.587. The summed E-state index contributed by atoms with van der Waals surface area (Å²) < 4.78 is 24.6. The van der Waals surface area contributed by atoms with Crippen molar-refractivity contribution in [3.63, 3.8) is 0 Å². The van der Waals surface area contributed by atoms with Crippen molar-refractivity contribution >= 4 is 11.5 Å². The number of aromatic nitrogens is 1. The fourth-order valence-electron chi connectivity index (χ4n) is 0.935. The Kier molecular flexibility index (Phi) is 2.59. The minimum Gasteiger partial charge on any atom is -0.383 e. The number of hydrogen-bond acceptors (Lipinski definition) is 4. The van der Waals surface area contributed by atoms with E-state index in [9.17, 15) is 18.9 Å². The average Bonchev–Trinajstić information content (AvgIpc) is 2.08. The first-order valence-corrected chi connectivity index (χ1v) is 3.63. The smallest absolute Gasteiger partial charge is 0.297 e. The zero-order valence-electron chi connectivity index (χ0n) is 7.20. The standard InChI is InChI=1S/C7H7F2N3O2/c1-3-2-4(12(13)14)5(6(8)9)11-7(3)10/h2,6H,1H3,(H2,10,11). The third kappa shape index (κ3) is 1.76. The van der Waals surface area contributed by atoms with Gasteiger partial charge in [-0.2, -0.15) is 0 Å². The SMILES string of the molecule is Cc1cc([N+](=O)[O-])c(C(F)F)nc1N. The minimum atomic E-state index is -3.00. The second-order valence-electron chi connectivity index (χ2n) is 2.65. The van der Waals surface area contributed by atoms with Crippen LogP contribution in [0.3, 0.4) is 0 Å². The third-order valence-corrected chi connectivity index (χ3v) is 1.66. The van der Waals surface area contributed by atoms with Crippen LogP contribution in [0.15, 0.2) is 6.07 Å². The molecule has 0 fully saturated rings. The number of alkyl halides is 2. The zero-order valence-corrected chi connectivity index (χ0v) is 7.20. The summed E-state index contributed by atoms with van der Waals surface area (Å²) in [6.45, 7) is 1.46. The van der Waals surface area contributed by atoms with Gasteiger partial charge in [-0.3, -0.25) is 10.1 Å². The first-order valence-electron chi connectivity index (χ1n) is 3.63. The molecule has 0 aliphatic rings. The van der Waals surface area contributed by atoms with Gasteiger partial charge in [0.2, 0.25) is 0 Å². The molecule has 0 saturated carbocycles. The molecule has 0 spiro atoms. The molecule has 5 nitrogen and oxygen atoms in total. The van der Waals surface area contributed by atoms with Crippen LogP contribution in [0.5, 0.6) is 0 Å². The van der Waals surface area contributed by atoms with Crippen molar-refractivity contribution in [2.45, 2.75) is 13.3 Å². The Labute approximate surface area is 77.7 Å². The maximum atomic E-state index is 12.3. The number of rotatable bonds is 2. The average molecular weight is 203 g/mol. The number of pyridine rings is 1. The van der Waals surface area contributed by atoms with Gasteiger partial charge in [-0.25, -0.2) is 13.8 Å². The van der Waals surface area contributed by atoms with E-state index >= 15 is 0 Å². The normalized spacial score (nSPS) is 10.6. The third-order valence-electron chi connectivity index (χ3n) is 1.66. The molecule has 0 aliphatic heterocycles. The molecule has 1 aromatic heterocycles. The molecule has 0 aromatic carbocycles. The van der Waals surface area contributed by atoms with Crippen molar-refractivity contribution in [2.24, 2.45) is 0 Å². The molecule has 1 rings (SSSR count). The fourth-order valence-corrected chi connectivity index (χ4v) is 0.935. The molecule has 0 radical (unpaired) electrons. The first-order chi connectivity index (χ1) is 6.43. The van der Waals surface area contributed by atoms with Crippen LogP contribution < -0.4 is 5.73 Å². The molecular weight excluding hydrogens is 196 g/mol. The Morgan fingerprint density at radius 1 is 1.64 bits per heavy atom. The van der Waals surface area contributed by atoms with Crippen LogP contribution in [0.2, 0.25) is 0 Å². The van der Waals surface area contributed by atoms with E-state index in [4.69, 9.17) is 5.73 Å². The highest BCUT2D eigenvalue weighted by Crippen LogP contribution is 2.29. The molecule has 14 heavy (non-hydrogen) atoms. The van der Waals surface area contributed by atoms with Gasteiger partial charge in [-0.05, 0) is 12.5 Å². The Balaban J connectivity index is 3.39. The van der Waals surface area contributed by atoms with E-state index in [0.29, 0.717) is 5.56 Å². The van der Waals surface area contributed by atoms with Crippen LogP contribution in [0.1, 0.15) is 17.7 Å². The first kappa shape index (κ1) is 10.3. The van der Waals surface area contributed by atoms with Gasteiger partial charge in [0, 0.05) is 6.07 Å². The molecule has 0 atom stereocenters. The van der Waals surface area contributed by atoms with Gasteiger partial charge in [0.25, 0.3) is 12.1 Å². The Bertz CT molecular complexity index is 381. The summed E-state index contributed by atoms with van der Waals surface area (Å²) in [6, 6.07) is 0.990. The van der Waals surface area contributed by atoms with Crippen molar-refractivity contribution in [3.05, 3.63) is 27.4 Å². The van der Waals surface area contributed by atoms with Crippen molar-refractivity contribution in [1.82, 2.24) is 4.98 Å². The fraction of sp³-hybridized carbons (Fsp3) is 0.286. The highest BCUT2D eigenvalue weighted by Gasteiger charge is 2.24. The summed E-state index contributed by atoms with van der Waals surface area (Å²) in [5, 5.41) is 10.4. The number of hydrogen-bond donors (Lipinski definition) is 1. The molecule has 7 heteroatoms. The summed E-state index contributed by atoms with van der Waals surface area (Å²) in [7, 11) is 0. The highest BCUT2D eigenvalue weighted by atomic mass is 19.3. The van der Waals surface area contributed by atoms with E-state index in [-0.39, 0.29) is 5.82 Å². The lowest BCUT2D eigenvalue weighted by atomic mass is 10.2. The number of aryl methyl sites for hydroxylation is 1. The van der Waals surface area contributed by atoms with Crippen LogP contribution in [0.4, 0.5) is 20.3 Å². The van der Waals surface area contributed by atoms with E-state index in [1.54, 1.807) is 0 Å². The monoisotopic (exact) mass is 203 g/mol. The molecule has 2 N–H and O–H groups in total. The van der Waals surface area contributed by atoms with Crippen LogP contribution in [-0.4, -0.2) is 9.91 Å². The number of anilines is 1. The summed E-state index contributed by atoms with van der Waals surface area (Å²) >= 11 is 0. The second-order valence-corrected chi connectivity index (χ2v) is 2.65. The summed E-state index contributed by atoms with van der Waals surface area (Å²) in [5.74, 6) is -0.120. The van der Waals surface area contributed by atoms with Gasteiger partial charge in [-0.1, -0.05) is 0 Å². The number of nitrogen functional groups attached to an aromatic ring is 1. The Morgan fingerprint density at radius 3 is 2.64 bits per heavy atom. The molecule has 1 aromatic rings. The number of halogens is 2. The van der Waals surface area contributed by atoms with Gasteiger partial charge in [0.15, 0.2) is 5.69 Å². The summed E-state index contributed by atoms with van der Waals surface area (Å²) in [4.78, 5) is 12.8. The molecule has 0 aliphatic carbocycles.